The summed E-state index contributed by atoms with van der Waals surface area (Å²) in [5.41, 5.74) is 0.872. The lowest BCUT2D eigenvalue weighted by Crippen LogP contribution is -2.50. The Labute approximate surface area is 159 Å². The standard InChI is InChI=1S/C20H27N3O4/c24-18(21-17(19(25)26)14-15-6-2-1-3-7-15)16-8-12-23(13-9-16)20(27)22-10-4-5-11-22/h1-3,6-7,16-17H,4-5,8-14H2,(H,21,24)(H,25,26)/t17-/m0/s1. The van der Waals surface area contributed by atoms with Crippen molar-refractivity contribution in [1.82, 2.24) is 15.1 Å². The molecule has 2 fully saturated rings. The summed E-state index contributed by atoms with van der Waals surface area (Å²) in [5, 5.41) is 12.1. The maximum atomic E-state index is 12.5. The van der Waals surface area contributed by atoms with Gasteiger partial charge in [0.15, 0.2) is 0 Å². The van der Waals surface area contributed by atoms with E-state index in [0.717, 1.165) is 31.5 Å². The summed E-state index contributed by atoms with van der Waals surface area (Å²) in [6.07, 6.45) is 3.52. The van der Waals surface area contributed by atoms with E-state index in [-0.39, 0.29) is 24.3 Å². The molecule has 0 spiro atoms. The van der Waals surface area contributed by atoms with Crippen molar-refractivity contribution in [2.24, 2.45) is 5.92 Å². The normalized spacial score (nSPS) is 19.0. The minimum atomic E-state index is -1.03. The lowest BCUT2D eigenvalue weighted by atomic mass is 9.95. The van der Waals surface area contributed by atoms with Crippen molar-refractivity contribution >= 4 is 17.9 Å². The topological polar surface area (TPSA) is 90.0 Å². The van der Waals surface area contributed by atoms with Crippen LogP contribution in [0.15, 0.2) is 30.3 Å². The predicted octanol–water partition coefficient (Wildman–Crippen LogP) is 1.73. The van der Waals surface area contributed by atoms with Gasteiger partial charge in [0.1, 0.15) is 6.04 Å². The molecule has 7 nitrogen and oxygen atoms in total. The highest BCUT2D eigenvalue weighted by Gasteiger charge is 2.32. The molecule has 1 aromatic rings. The van der Waals surface area contributed by atoms with Crippen molar-refractivity contribution in [3.8, 4) is 0 Å². The Morgan fingerprint density at radius 3 is 2.19 bits per heavy atom. The number of carbonyl (C=O) groups excluding carboxylic acids is 2. The Morgan fingerprint density at radius 2 is 1.59 bits per heavy atom. The number of carboxylic acids is 1. The van der Waals surface area contributed by atoms with Crippen LogP contribution >= 0.6 is 0 Å². The van der Waals surface area contributed by atoms with E-state index in [1.807, 2.05) is 40.1 Å². The number of likely N-dealkylation sites (tertiary alicyclic amines) is 2. The van der Waals surface area contributed by atoms with Crippen molar-refractivity contribution in [3.63, 3.8) is 0 Å². The van der Waals surface area contributed by atoms with E-state index >= 15 is 0 Å². The van der Waals surface area contributed by atoms with Crippen LogP contribution in [0.3, 0.4) is 0 Å². The van der Waals surface area contributed by atoms with Crippen molar-refractivity contribution in [2.75, 3.05) is 26.2 Å². The molecular formula is C20H27N3O4. The first kappa shape index (κ1) is 19.2. The maximum absolute atomic E-state index is 12.5. The molecule has 1 atom stereocenters. The van der Waals surface area contributed by atoms with E-state index in [9.17, 15) is 19.5 Å². The molecule has 7 heteroatoms. The number of hydrogen-bond acceptors (Lipinski definition) is 3. The van der Waals surface area contributed by atoms with Gasteiger partial charge in [-0.3, -0.25) is 4.79 Å². The number of amides is 3. The third kappa shape index (κ3) is 4.99. The Hall–Kier alpha value is -2.57. The predicted molar refractivity (Wildman–Crippen MR) is 100 cm³/mol. The summed E-state index contributed by atoms with van der Waals surface area (Å²) in [7, 11) is 0. The van der Waals surface area contributed by atoms with Crippen molar-refractivity contribution in [2.45, 2.75) is 38.1 Å². The summed E-state index contributed by atoms with van der Waals surface area (Å²) in [6.45, 7) is 2.73. The second-order valence-electron chi connectivity index (χ2n) is 7.33. The number of aliphatic carboxylic acids is 1. The number of carboxylic acid groups (broad SMARTS) is 1. The number of carbonyl (C=O) groups is 3. The zero-order chi connectivity index (χ0) is 19.2. The highest BCUT2D eigenvalue weighted by Crippen LogP contribution is 2.20. The van der Waals surface area contributed by atoms with Gasteiger partial charge in [-0.2, -0.15) is 0 Å². The van der Waals surface area contributed by atoms with E-state index in [1.54, 1.807) is 0 Å². The molecule has 0 saturated carbocycles. The monoisotopic (exact) mass is 373 g/mol. The average molecular weight is 373 g/mol. The zero-order valence-electron chi connectivity index (χ0n) is 15.5. The third-order valence-corrected chi connectivity index (χ3v) is 5.41. The number of nitrogens with zero attached hydrogens (tertiary/aromatic N) is 2. The number of urea groups is 1. The van der Waals surface area contributed by atoms with Gasteiger partial charge in [0, 0.05) is 38.5 Å². The largest absolute Gasteiger partial charge is 0.480 e. The number of nitrogens with one attached hydrogen (secondary N) is 1. The molecule has 2 N–H and O–H groups in total. The molecule has 0 bridgehead atoms. The van der Waals surface area contributed by atoms with Crippen LogP contribution in [0.2, 0.25) is 0 Å². The van der Waals surface area contributed by atoms with Gasteiger partial charge in [-0.1, -0.05) is 30.3 Å². The maximum Gasteiger partial charge on any atom is 0.326 e. The molecule has 2 aliphatic rings. The second kappa shape index (κ2) is 8.88. The first-order valence-electron chi connectivity index (χ1n) is 9.65. The van der Waals surface area contributed by atoms with Crippen LogP contribution < -0.4 is 5.32 Å². The summed E-state index contributed by atoms with van der Waals surface area (Å²) < 4.78 is 0. The first-order chi connectivity index (χ1) is 13.0. The molecule has 3 rings (SSSR count). The molecule has 146 valence electrons. The Balaban J connectivity index is 1.50. The smallest absolute Gasteiger partial charge is 0.326 e. The molecule has 2 heterocycles. The minimum absolute atomic E-state index is 0.0684. The van der Waals surface area contributed by atoms with Gasteiger partial charge >= 0.3 is 12.0 Å². The second-order valence-corrected chi connectivity index (χ2v) is 7.33. The fraction of sp³-hybridized carbons (Fsp3) is 0.550. The van der Waals surface area contributed by atoms with E-state index in [1.165, 1.54) is 0 Å². The zero-order valence-corrected chi connectivity index (χ0v) is 15.5. The van der Waals surface area contributed by atoms with Gasteiger partial charge in [0.25, 0.3) is 0 Å². The lowest BCUT2D eigenvalue weighted by Gasteiger charge is -2.34. The van der Waals surface area contributed by atoms with E-state index in [4.69, 9.17) is 0 Å². The van der Waals surface area contributed by atoms with Gasteiger partial charge in [0.2, 0.25) is 5.91 Å². The minimum Gasteiger partial charge on any atom is -0.480 e. The molecule has 1 aromatic carbocycles. The molecular weight excluding hydrogens is 346 g/mol. The summed E-state index contributed by atoms with van der Waals surface area (Å²) >= 11 is 0. The molecule has 2 saturated heterocycles. The van der Waals surface area contributed by atoms with Crippen LogP contribution in [-0.2, 0) is 16.0 Å². The van der Waals surface area contributed by atoms with Crippen LogP contribution in [0, 0.1) is 5.92 Å². The van der Waals surface area contributed by atoms with Gasteiger partial charge in [-0.05, 0) is 31.2 Å². The first-order valence-corrected chi connectivity index (χ1v) is 9.65. The van der Waals surface area contributed by atoms with Crippen LogP contribution in [0.5, 0.6) is 0 Å². The van der Waals surface area contributed by atoms with Gasteiger partial charge < -0.3 is 20.2 Å². The average Bonchev–Trinajstić information content (AvgIpc) is 3.22. The fourth-order valence-electron chi connectivity index (χ4n) is 3.78. The van der Waals surface area contributed by atoms with Crippen LogP contribution in [0.25, 0.3) is 0 Å². The van der Waals surface area contributed by atoms with Crippen molar-refractivity contribution < 1.29 is 19.5 Å². The Bertz CT molecular complexity index is 665. The van der Waals surface area contributed by atoms with Gasteiger partial charge in [0.05, 0.1) is 0 Å². The quantitative estimate of drug-likeness (QED) is 0.822. The Morgan fingerprint density at radius 1 is 1.00 bits per heavy atom. The third-order valence-electron chi connectivity index (χ3n) is 5.41. The number of piperidine rings is 1. The molecule has 0 aromatic heterocycles. The van der Waals surface area contributed by atoms with Crippen molar-refractivity contribution in [1.29, 1.82) is 0 Å². The highest BCUT2D eigenvalue weighted by atomic mass is 16.4. The lowest BCUT2D eigenvalue weighted by molar-refractivity contribution is -0.142. The molecule has 3 amide bonds. The summed E-state index contributed by atoms with van der Waals surface area (Å²) in [4.78, 5) is 40.2. The summed E-state index contributed by atoms with van der Waals surface area (Å²) in [5.74, 6) is -1.51. The number of benzene rings is 1. The summed E-state index contributed by atoms with van der Waals surface area (Å²) in [6, 6.07) is 8.40. The fourth-order valence-corrected chi connectivity index (χ4v) is 3.78. The van der Waals surface area contributed by atoms with Crippen LogP contribution in [0.4, 0.5) is 4.79 Å². The van der Waals surface area contributed by atoms with Crippen molar-refractivity contribution in [3.05, 3.63) is 35.9 Å². The molecule has 0 aliphatic carbocycles. The van der Waals surface area contributed by atoms with Crippen LogP contribution in [0.1, 0.15) is 31.2 Å². The van der Waals surface area contributed by atoms with Gasteiger partial charge in [-0.25, -0.2) is 9.59 Å². The van der Waals surface area contributed by atoms with E-state index < -0.39 is 12.0 Å². The van der Waals surface area contributed by atoms with Gasteiger partial charge in [-0.15, -0.1) is 0 Å². The number of rotatable bonds is 5. The molecule has 27 heavy (non-hydrogen) atoms. The molecule has 2 aliphatic heterocycles. The van der Waals surface area contributed by atoms with E-state index in [0.29, 0.717) is 25.9 Å². The Kier molecular flexibility index (Phi) is 6.32. The SMILES string of the molecule is O=C(N[C@@H](Cc1ccccc1)C(=O)O)C1CCN(C(=O)N2CCCC2)CC1. The van der Waals surface area contributed by atoms with E-state index in [2.05, 4.69) is 5.32 Å². The molecule has 0 unspecified atom stereocenters. The number of hydrogen-bond donors (Lipinski definition) is 2. The molecule has 0 radical (unpaired) electrons. The van der Waals surface area contributed by atoms with Crippen LogP contribution in [-0.4, -0.2) is 65.0 Å². The highest BCUT2D eigenvalue weighted by molar-refractivity contribution is 5.85.